The molecule has 1 heterocycles. The largest absolute Gasteiger partial charge is 0.354 e. The van der Waals surface area contributed by atoms with Crippen molar-refractivity contribution in [1.82, 2.24) is 10.2 Å². The molecule has 0 saturated carbocycles. The van der Waals surface area contributed by atoms with Gasteiger partial charge in [-0.2, -0.15) is 0 Å². The molecule has 0 unspecified atom stereocenters. The number of benzene rings is 2. The van der Waals surface area contributed by atoms with Gasteiger partial charge in [0, 0.05) is 17.9 Å². The van der Waals surface area contributed by atoms with Crippen LogP contribution in [0.4, 0.5) is 4.39 Å². The van der Waals surface area contributed by atoms with E-state index in [0.717, 1.165) is 17.5 Å². The SMILES string of the molecule is CCCNC(=O)[C@@H]1CS[C@@H](c2ccc(F)cc2)N1C(=O)c1ccc(C)cc1. The first-order valence-electron chi connectivity index (χ1n) is 9.05. The highest BCUT2D eigenvalue weighted by atomic mass is 32.2. The van der Waals surface area contributed by atoms with Crippen LogP contribution in [-0.2, 0) is 4.79 Å². The van der Waals surface area contributed by atoms with Crippen LogP contribution in [0.25, 0.3) is 0 Å². The summed E-state index contributed by atoms with van der Waals surface area (Å²) in [6.07, 6.45) is 0.832. The molecule has 2 amide bonds. The summed E-state index contributed by atoms with van der Waals surface area (Å²) in [4.78, 5) is 27.5. The van der Waals surface area contributed by atoms with Crippen molar-refractivity contribution in [3.05, 3.63) is 71.0 Å². The molecule has 27 heavy (non-hydrogen) atoms. The minimum absolute atomic E-state index is 0.144. The van der Waals surface area contributed by atoms with Gasteiger partial charge in [0.05, 0.1) is 0 Å². The zero-order valence-electron chi connectivity index (χ0n) is 15.4. The molecule has 3 rings (SSSR count). The van der Waals surface area contributed by atoms with Crippen LogP contribution in [-0.4, -0.2) is 35.1 Å². The van der Waals surface area contributed by atoms with Crippen molar-refractivity contribution in [2.75, 3.05) is 12.3 Å². The molecule has 2 aromatic carbocycles. The number of hydrogen-bond acceptors (Lipinski definition) is 3. The van der Waals surface area contributed by atoms with Gasteiger partial charge >= 0.3 is 0 Å². The maximum atomic E-state index is 13.3. The highest BCUT2D eigenvalue weighted by molar-refractivity contribution is 7.99. The fraction of sp³-hybridized carbons (Fsp3) is 0.333. The molecule has 2 aromatic rings. The second-order valence-corrected chi connectivity index (χ2v) is 7.74. The van der Waals surface area contributed by atoms with Gasteiger partial charge in [-0.3, -0.25) is 9.59 Å². The number of halogens is 1. The molecular weight excluding hydrogens is 363 g/mol. The Labute approximate surface area is 163 Å². The third-order valence-electron chi connectivity index (χ3n) is 4.54. The quantitative estimate of drug-likeness (QED) is 0.847. The molecule has 1 aliphatic rings. The summed E-state index contributed by atoms with van der Waals surface area (Å²) in [5.41, 5.74) is 2.42. The van der Waals surface area contributed by atoms with Crippen LogP contribution >= 0.6 is 11.8 Å². The minimum Gasteiger partial charge on any atom is -0.354 e. The Morgan fingerprint density at radius 1 is 1.15 bits per heavy atom. The molecule has 1 saturated heterocycles. The Bertz CT molecular complexity index is 808. The van der Waals surface area contributed by atoms with Crippen LogP contribution in [0.5, 0.6) is 0 Å². The number of aryl methyl sites for hydroxylation is 1. The van der Waals surface area contributed by atoms with E-state index in [0.29, 0.717) is 17.9 Å². The van der Waals surface area contributed by atoms with E-state index in [1.54, 1.807) is 29.2 Å². The van der Waals surface area contributed by atoms with Crippen molar-refractivity contribution in [1.29, 1.82) is 0 Å². The topological polar surface area (TPSA) is 49.4 Å². The lowest BCUT2D eigenvalue weighted by atomic mass is 10.1. The summed E-state index contributed by atoms with van der Waals surface area (Å²) in [6, 6.07) is 12.9. The average molecular weight is 386 g/mol. The zero-order valence-corrected chi connectivity index (χ0v) is 16.3. The number of thioether (sulfide) groups is 1. The lowest BCUT2D eigenvalue weighted by Crippen LogP contribution is -2.48. The number of hydrogen-bond donors (Lipinski definition) is 1. The van der Waals surface area contributed by atoms with Crippen LogP contribution in [0.1, 0.15) is 40.2 Å². The predicted molar refractivity (Wildman–Crippen MR) is 106 cm³/mol. The summed E-state index contributed by atoms with van der Waals surface area (Å²) in [5.74, 6) is -0.148. The van der Waals surface area contributed by atoms with E-state index in [1.807, 2.05) is 26.0 Å². The number of carbonyl (C=O) groups excluding carboxylic acids is 2. The molecular formula is C21H23FN2O2S. The van der Waals surface area contributed by atoms with Gasteiger partial charge in [-0.05, 0) is 43.2 Å². The molecule has 0 radical (unpaired) electrons. The maximum Gasteiger partial charge on any atom is 0.255 e. The number of nitrogens with one attached hydrogen (secondary N) is 1. The second-order valence-electron chi connectivity index (χ2n) is 6.62. The fourth-order valence-electron chi connectivity index (χ4n) is 3.05. The van der Waals surface area contributed by atoms with E-state index in [2.05, 4.69) is 5.32 Å². The highest BCUT2D eigenvalue weighted by Crippen LogP contribution is 2.42. The molecule has 1 aliphatic heterocycles. The van der Waals surface area contributed by atoms with Crippen molar-refractivity contribution < 1.29 is 14.0 Å². The predicted octanol–water partition coefficient (Wildman–Crippen LogP) is 3.92. The number of carbonyl (C=O) groups is 2. The smallest absolute Gasteiger partial charge is 0.255 e. The molecule has 142 valence electrons. The Morgan fingerprint density at radius 3 is 2.44 bits per heavy atom. The minimum atomic E-state index is -0.551. The average Bonchev–Trinajstić information content (AvgIpc) is 3.12. The standard InChI is InChI=1S/C21H23FN2O2S/c1-3-12-23-19(25)18-13-27-21(16-8-10-17(22)11-9-16)24(18)20(26)15-6-4-14(2)5-7-15/h4-11,18,21H,3,12-13H2,1-2H3,(H,23,25)/t18-,21-/m0/s1. The van der Waals surface area contributed by atoms with Crippen LogP contribution in [0.3, 0.4) is 0 Å². The van der Waals surface area contributed by atoms with E-state index in [-0.39, 0.29) is 23.0 Å². The first-order chi connectivity index (χ1) is 13.0. The van der Waals surface area contributed by atoms with Crippen molar-refractivity contribution >= 4 is 23.6 Å². The van der Waals surface area contributed by atoms with Gasteiger partial charge in [0.25, 0.3) is 5.91 Å². The van der Waals surface area contributed by atoms with E-state index in [4.69, 9.17) is 0 Å². The van der Waals surface area contributed by atoms with Crippen molar-refractivity contribution in [3.63, 3.8) is 0 Å². The zero-order chi connectivity index (χ0) is 19.4. The summed E-state index contributed by atoms with van der Waals surface area (Å²) in [5, 5.41) is 2.57. The molecule has 4 nitrogen and oxygen atoms in total. The molecule has 0 spiro atoms. The lowest BCUT2D eigenvalue weighted by molar-refractivity contribution is -0.124. The number of rotatable bonds is 5. The third kappa shape index (κ3) is 4.33. The van der Waals surface area contributed by atoms with Crippen LogP contribution in [0.2, 0.25) is 0 Å². The van der Waals surface area contributed by atoms with Gasteiger partial charge in [0.15, 0.2) is 0 Å². The fourth-order valence-corrected chi connectivity index (χ4v) is 4.48. The first-order valence-corrected chi connectivity index (χ1v) is 10.1. The van der Waals surface area contributed by atoms with Crippen molar-refractivity contribution in [2.45, 2.75) is 31.7 Å². The molecule has 6 heteroatoms. The van der Waals surface area contributed by atoms with Crippen molar-refractivity contribution in [2.24, 2.45) is 0 Å². The van der Waals surface area contributed by atoms with Gasteiger partial charge in [0.2, 0.25) is 5.91 Å². The maximum absolute atomic E-state index is 13.3. The van der Waals surface area contributed by atoms with Gasteiger partial charge in [-0.15, -0.1) is 11.8 Å². The van der Waals surface area contributed by atoms with Gasteiger partial charge in [-0.1, -0.05) is 36.8 Å². The third-order valence-corrected chi connectivity index (χ3v) is 5.86. The molecule has 0 aromatic heterocycles. The number of nitrogens with zero attached hydrogens (tertiary/aromatic N) is 1. The Balaban J connectivity index is 1.93. The number of amides is 2. The van der Waals surface area contributed by atoms with Crippen molar-refractivity contribution in [3.8, 4) is 0 Å². The normalized spacial score (nSPS) is 19.1. The molecule has 0 aliphatic carbocycles. The van der Waals surface area contributed by atoms with Crippen LogP contribution in [0.15, 0.2) is 48.5 Å². The molecule has 2 atom stereocenters. The second kappa shape index (κ2) is 8.57. The van der Waals surface area contributed by atoms with Gasteiger partial charge < -0.3 is 10.2 Å². The molecule has 0 bridgehead atoms. The Kier molecular flexibility index (Phi) is 6.16. The van der Waals surface area contributed by atoms with E-state index in [9.17, 15) is 14.0 Å². The summed E-state index contributed by atoms with van der Waals surface area (Å²) >= 11 is 1.53. The first kappa shape index (κ1) is 19.4. The van der Waals surface area contributed by atoms with Crippen LogP contribution in [0, 0.1) is 12.7 Å². The Morgan fingerprint density at radius 2 is 1.81 bits per heavy atom. The Hall–Kier alpha value is -2.34. The van der Waals surface area contributed by atoms with Gasteiger partial charge in [0.1, 0.15) is 17.2 Å². The lowest BCUT2D eigenvalue weighted by Gasteiger charge is -2.29. The summed E-state index contributed by atoms with van der Waals surface area (Å²) in [6.45, 7) is 4.52. The van der Waals surface area contributed by atoms with E-state index in [1.165, 1.54) is 23.9 Å². The monoisotopic (exact) mass is 386 g/mol. The van der Waals surface area contributed by atoms with Crippen LogP contribution < -0.4 is 5.32 Å². The van der Waals surface area contributed by atoms with E-state index >= 15 is 0 Å². The molecule has 1 fully saturated rings. The highest BCUT2D eigenvalue weighted by Gasteiger charge is 2.42. The van der Waals surface area contributed by atoms with Gasteiger partial charge in [-0.25, -0.2) is 4.39 Å². The summed E-state index contributed by atoms with van der Waals surface area (Å²) < 4.78 is 13.3. The van der Waals surface area contributed by atoms with E-state index < -0.39 is 6.04 Å². The summed E-state index contributed by atoms with van der Waals surface area (Å²) in [7, 11) is 0. The molecule has 1 N–H and O–H groups in total.